The van der Waals surface area contributed by atoms with Gasteiger partial charge in [0.15, 0.2) is 17.5 Å². The number of benzene rings is 2. The molecule has 4 bridgehead atoms. The van der Waals surface area contributed by atoms with Gasteiger partial charge in [-0.3, -0.25) is 14.6 Å². The third-order valence-corrected chi connectivity index (χ3v) is 15.3. The Balaban J connectivity index is 1.27. The summed E-state index contributed by atoms with van der Waals surface area (Å²) in [6.07, 6.45) is 15.7. The second-order valence-electron chi connectivity index (χ2n) is 16.8. The van der Waals surface area contributed by atoms with E-state index in [-0.39, 0.29) is 40.6 Å². The van der Waals surface area contributed by atoms with Gasteiger partial charge in [-0.05, 0) is 94.2 Å². The van der Waals surface area contributed by atoms with Crippen LogP contribution in [0.15, 0.2) is 47.5 Å². The number of carbonyl (C=O) groups is 2. The molecule has 2 aliphatic heterocycles. The number of amides is 1. The standard InChI is InChI=1S/C44H64N4O6S2/c1-32(49)53-38-19-18-34-25-35(41(52)39(26-34)54-37-16-8-9-17-37)30-48-31-43(29-40(48)51,28-33-13-5-4-6-14-33)22-23-46-42(45)47-44(20-10-11-21-44)56-55-24-12-3-2-7-15-36(50)27-38/h4-6,13-14,25-26,36-38,50,52H,2-3,7-12,15-24,27-31H2,1H3,(H3,45,46,47). The van der Waals surface area contributed by atoms with Crippen molar-refractivity contribution in [3.8, 4) is 11.5 Å². The number of nitrogens with two attached hydrogens (primary N) is 1. The maximum absolute atomic E-state index is 14.0. The number of aliphatic imine (C=N–C) groups is 1. The fourth-order valence-corrected chi connectivity index (χ4v) is 12.3. The molecule has 5 N–H and O–H groups in total. The number of hydrogen-bond donors (Lipinski definition) is 4. The van der Waals surface area contributed by atoms with Gasteiger partial charge in [-0.2, -0.15) is 0 Å². The molecule has 2 aliphatic carbocycles. The van der Waals surface area contributed by atoms with Crippen molar-refractivity contribution < 1.29 is 29.3 Å². The van der Waals surface area contributed by atoms with E-state index >= 15 is 0 Å². The molecule has 2 aromatic carbocycles. The molecule has 2 heterocycles. The molecule has 2 aromatic rings. The molecule has 0 aromatic heterocycles. The van der Waals surface area contributed by atoms with Crippen LogP contribution in [0.5, 0.6) is 11.5 Å². The second-order valence-corrected chi connectivity index (χ2v) is 19.6. The van der Waals surface area contributed by atoms with E-state index in [0.717, 1.165) is 81.9 Å². The summed E-state index contributed by atoms with van der Waals surface area (Å²) < 4.78 is 12.2. The van der Waals surface area contributed by atoms with Crippen LogP contribution in [-0.2, 0) is 33.7 Å². The van der Waals surface area contributed by atoms with Crippen molar-refractivity contribution in [1.82, 2.24) is 10.2 Å². The first kappa shape index (κ1) is 42.5. The predicted molar refractivity (Wildman–Crippen MR) is 227 cm³/mol. The number of aliphatic hydroxyl groups excluding tert-OH is 1. The number of nitrogens with one attached hydrogen (secondary N) is 1. The van der Waals surface area contributed by atoms with E-state index in [9.17, 15) is 19.8 Å². The Morgan fingerprint density at radius 1 is 0.982 bits per heavy atom. The molecular formula is C44H64N4O6S2. The third-order valence-electron chi connectivity index (χ3n) is 12.0. The number of hydrogen-bond acceptors (Lipinski definition) is 11. The fourth-order valence-electron chi connectivity index (χ4n) is 9.12. The maximum atomic E-state index is 14.0. The topological polar surface area (TPSA) is 147 Å². The number of aliphatic hydroxyl groups is 1. The summed E-state index contributed by atoms with van der Waals surface area (Å²) in [4.78, 5) is 32.8. The first-order chi connectivity index (χ1) is 27.1. The van der Waals surface area contributed by atoms with E-state index in [4.69, 9.17) is 20.2 Å². The van der Waals surface area contributed by atoms with Gasteiger partial charge in [0.2, 0.25) is 5.91 Å². The Kier molecular flexibility index (Phi) is 15.6. The lowest BCUT2D eigenvalue weighted by Crippen LogP contribution is -2.47. The lowest BCUT2D eigenvalue weighted by molar-refractivity contribution is -0.148. The van der Waals surface area contributed by atoms with Crippen molar-refractivity contribution in [3.63, 3.8) is 0 Å². The van der Waals surface area contributed by atoms with E-state index in [0.29, 0.717) is 68.9 Å². The summed E-state index contributed by atoms with van der Waals surface area (Å²) in [6, 6.07) is 14.2. The zero-order valence-electron chi connectivity index (χ0n) is 33.4. The Morgan fingerprint density at radius 3 is 2.50 bits per heavy atom. The molecule has 308 valence electrons. The van der Waals surface area contributed by atoms with Crippen molar-refractivity contribution >= 4 is 39.4 Å². The molecular weight excluding hydrogens is 745 g/mol. The van der Waals surface area contributed by atoms with Crippen LogP contribution in [0.2, 0.25) is 0 Å². The summed E-state index contributed by atoms with van der Waals surface area (Å²) in [5, 5.41) is 26.3. The van der Waals surface area contributed by atoms with Crippen LogP contribution in [0.1, 0.15) is 133 Å². The van der Waals surface area contributed by atoms with Crippen LogP contribution >= 0.6 is 21.6 Å². The van der Waals surface area contributed by atoms with Crippen molar-refractivity contribution in [3.05, 3.63) is 59.2 Å². The summed E-state index contributed by atoms with van der Waals surface area (Å²) in [5.74, 6) is 1.75. The number of rotatable bonds is 5. The molecule has 6 rings (SSSR count). The van der Waals surface area contributed by atoms with Gasteiger partial charge in [-0.15, -0.1) is 0 Å². The molecule has 56 heavy (non-hydrogen) atoms. The lowest BCUT2D eigenvalue weighted by Gasteiger charge is -2.30. The van der Waals surface area contributed by atoms with E-state index in [1.165, 1.54) is 25.3 Å². The molecule has 1 amide bonds. The van der Waals surface area contributed by atoms with Crippen LogP contribution in [-0.4, -0.2) is 75.0 Å². The van der Waals surface area contributed by atoms with Crippen molar-refractivity contribution in [2.75, 3.05) is 18.8 Å². The Bertz CT molecular complexity index is 1620. The van der Waals surface area contributed by atoms with Crippen LogP contribution in [0, 0.1) is 5.41 Å². The van der Waals surface area contributed by atoms with Gasteiger partial charge in [-0.25, -0.2) is 0 Å². The number of aryl methyl sites for hydroxylation is 1. The quantitative estimate of drug-likeness (QED) is 0.172. The Labute approximate surface area is 341 Å². The van der Waals surface area contributed by atoms with Gasteiger partial charge in [0.25, 0.3) is 0 Å². The minimum absolute atomic E-state index is 0.0391. The highest BCUT2D eigenvalue weighted by atomic mass is 33.1. The van der Waals surface area contributed by atoms with E-state index in [1.807, 2.05) is 56.8 Å². The van der Waals surface area contributed by atoms with Crippen LogP contribution in [0.25, 0.3) is 0 Å². The molecule has 1 saturated heterocycles. The average molecular weight is 809 g/mol. The number of esters is 1. The summed E-state index contributed by atoms with van der Waals surface area (Å²) >= 11 is 0. The van der Waals surface area contributed by atoms with Crippen LogP contribution < -0.4 is 15.8 Å². The molecule has 1 spiro atoms. The van der Waals surface area contributed by atoms with Gasteiger partial charge in [0.05, 0.1) is 17.1 Å². The minimum atomic E-state index is -0.558. The number of nitrogens with zero attached hydrogens (tertiary/aromatic N) is 2. The monoisotopic (exact) mass is 808 g/mol. The third kappa shape index (κ3) is 12.5. The molecule has 2 saturated carbocycles. The number of phenols is 1. The lowest BCUT2D eigenvalue weighted by atomic mass is 9.78. The van der Waals surface area contributed by atoms with Gasteiger partial charge in [-0.1, -0.05) is 90.1 Å². The van der Waals surface area contributed by atoms with E-state index in [1.54, 1.807) is 0 Å². The Morgan fingerprint density at radius 2 is 1.73 bits per heavy atom. The van der Waals surface area contributed by atoms with Crippen LogP contribution in [0.4, 0.5) is 0 Å². The molecule has 12 heteroatoms. The zero-order valence-corrected chi connectivity index (χ0v) is 35.0. The fraction of sp³-hybridized carbons (Fsp3) is 0.659. The number of ether oxygens (including phenoxy) is 2. The molecule has 10 nitrogen and oxygen atoms in total. The molecule has 3 fully saturated rings. The summed E-state index contributed by atoms with van der Waals surface area (Å²) in [6.45, 7) is 2.72. The second kappa shape index (κ2) is 20.6. The average Bonchev–Trinajstić information content (AvgIpc) is 3.91. The summed E-state index contributed by atoms with van der Waals surface area (Å²) in [7, 11) is 3.81. The molecule has 3 atom stereocenters. The van der Waals surface area contributed by atoms with Gasteiger partial charge in [0, 0.05) is 56.1 Å². The smallest absolute Gasteiger partial charge is 0.302 e. The first-order valence-corrected chi connectivity index (χ1v) is 23.5. The van der Waals surface area contributed by atoms with E-state index < -0.39 is 12.2 Å². The molecule has 3 unspecified atom stereocenters. The predicted octanol–water partition coefficient (Wildman–Crippen LogP) is 8.20. The highest BCUT2D eigenvalue weighted by molar-refractivity contribution is 8.77. The van der Waals surface area contributed by atoms with Gasteiger partial charge < -0.3 is 35.6 Å². The highest BCUT2D eigenvalue weighted by Crippen LogP contribution is 2.46. The SMILES string of the molecule is CC(=O)OC1CCc2cc(c(O)c(OC3CCCC3)c2)CN2CC(Cc3ccccc3)(CCN=C(N)NC3(CCCC3)SSCCCCCCC(O)C1)CC2=O. The number of aromatic hydroxyl groups is 1. The van der Waals surface area contributed by atoms with Crippen molar-refractivity contribution in [2.45, 2.75) is 159 Å². The highest BCUT2D eigenvalue weighted by Gasteiger charge is 2.43. The molecule has 0 radical (unpaired) electrons. The number of phenolic OH excluding ortho intramolecular Hbond substituents is 1. The minimum Gasteiger partial charge on any atom is -0.504 e. The van der Waals surface area contributed by atoms with E-state index in [2.05, 4.69) is 17.4 Å². The van der Waals surface area contributed by atoms with Crippen molar-refractivity contribution in [1.29, 1.82) is 0 Å². The largest absolute Gasteiger partial charge is 0.504 e. The van der Waals surface area contributed by atoms with Gasteiger partial charge in [0.1, 0.15) is 6.10 Å². The van der Waals surface area contributed by atoms with Crippen molar-refractivity contribution in [2.24, 2.45) is 16.1 Å². The zero-order chi connectivity index (χ0) is 39.4. The first-order valence-electron chi connectivity index (χ1n) is 21.2. The van der Waals surface area contributed by atoms with Crippen LogP contribution in [0.3, 0.4) is 0 Å². The number of guanidine groups is 1. The molecule has 4 aliphatic rings. The Hall–Kier alpha value is -3.09. The van der Waals surface area contributed by atoms with Gasteiger partial charge >= 0.3 is 5.97 Å². The number of carbonyl (C=O) groups excluding carboxylic acids is 2. The summed E-state index contributed by atoms with van der Waals surface area (Å²) in [5.41, 5.74) is 9.02. The number of fused-ring (bicyclic) bond motifs is 4. The normalized spacial score (nSPS) is 26.4. The maximum Gasteiger partial charge on any atom is 0.302 e.